The summed E-state index contributed by atoms with van der Waals surface area (Å²) in [6.45, 7) is 5.25. The van der Waals surface area contributed by atoms with E-state index >= 15 is 0 Å². The first-order valence-electron chi connectivity index (χ1n) is 6.36. The van der Waals surface area contributed by atoms with Gasteiger partial charge in [0.05, 0.1) is 19.8 Å². The molecular weight excluding hydrogens is 270 g/mol. The molecule has 5 nitrogen and oxygen atoms in total. The second-order valence-electron chi connectivity index (χ2n) is 5.52. The molecule has 0 atom stereocenters. The molecule has 1 rings (SSSR count). The Morgan fingerprint density at radius 2 is 1.71 bits per heavy atom. The minimum Gasteiger partial charge on any atom is -0.502 e. The first-order valence-corrected chi connectivity index (χ1v) is 6.36. The van der Waals surface area contributed by atoms with Crippen LogP contribution in [0.1, 0.15) is 26.3 Å². The summed E-state index contributed by atoms with van der Waals surface area (Å²) in [5.41, 5.74) is -0.0694. The van der Waals surface area contributed by atoms with Gasteiger partial charge in [0.25, 0.3) is 0 Å². The third kappa shape index (κ3) is 3.76. The number of ether oxygens (including phenoxy) is 2. The van der Waals surface area contributed by atoms with Crippen LogP contribution in [0, 0.1) is 16.7 Å². The monoisotopic (exact) mass is 289 g/mol. The van der Waals surface area contributed by atoms with Crippen molar-refractivity contribution in [1.82, 2.24) is 0 Å². The first kappa shape index (κ1) is 16.6. The van der Waals surface area contributed by atoms with E-state index in [4.69, 9.17) is 9.47 Å². The number of rotatable bonds is 4. The molecule has 1 N–H and O–H groups in total. The molecule has 0 heterocycles. The van der Waals surface area contributed by atoms with Crippen molar-refractivity contribution in [2.45, 2.75) is 20.8 Å². The number of methoxy groups -OCH3 is 2. The highest BCUT2D eigenvalue weighted by Gasteiger charge is 2.25. The van der Waals surface area contributed by atoms with Crippen LogP contribution < -0.4 is 9.47 Å². The van der Waals surface area contributed by atoms with Gasteiger partial charge in [0.2, 0.25) is 5.75 Å². The van der Waals surface area contributed by atoms with Gasteiger partial charge in [-0.15, -0.1) is 0 Å². The summed E-state index contributed by atoms with van der Waals surface area (Å²) in [5, 5.41) is 19.0. The summed E-state index contributed by atoms with van der Waals surface area (Å²) in [5.74, 6) is 0.0380. The van der Waals surface area contributed by atoms with E-state index in [1.807, 2.05) is 6.07 Å². The zero-order valence-corrected chi connectivity index (χ0v) is 12.9. The van der Waals surface area contributed by atoms with Crippen molar-refractivity contribution in [1.29, 1.82) is 5.26 Å². The van der Waals surface area contributed by atoms with E-state index in [9.17, 15) is 15.2 Å². The van der Waals surface area contributed by atoms with E-state index in [0.717, 1.165) is 0 Å². The lowest BCUT2D eigenvalue weighted by molar-refractivity contribution is -0.121. The maximum absolute atomic E-state index is 12.2. The summed E-state index contributed by atoms with van der Waals surface area (Å²) in [4.78, 5) is 12.2. The van der Waals surface area contributed by atoms with Gasteiger partial charge in [-0.1, -0.05) is 20.8 Å². The minimum absolute atomic E-state index is 0.0392. The van der Waals surface area contributed by atoms with E-state index in [-0.39, 0.29) is 28.6 Å². The molecule has 0 aromatic heterocycles. The van der Waals surface area contributed by atoms with E-state index in [1.165, 1.54) is 32.4 Å². The van der Waals surface area contributed by atoms with Crippen LogP contribution in [0.15, 0.2) is 17.7 Å². The second kappa shape index (κ2) is 6.31. The van der Waals surface area contributed by atoms with Crippen LogP contribution in [0.5, 0.6) is 17.2 Å². The van der Waals surface area contributed by atoms with Crippen LogP contribution in [0.25, 0.3) is 6.08 Å². The van der Waals surface area contributed by atoms with Crippen LogP contribution in [0.2, 0.25) is 0 Å². The summed E-state index contributed by atoms with van der Waals surface area (Å²) in [6, 6.07) is 4.98. The third-order valence-corrected chi connectivity index (χ3v) is 2.86. The van der Waals surface area contributed by atoms with Crippen LogP contribution in [-0.4, -0.2) is 25.1 Å². The van der Waals surface area contributed by atoms with Gasteiger partial charge in [-0.25, -0.2) is 0 Å². The molecule has 0 amide bonds. The summed E-state index contributed by atoms with van der Waals surface area (Å²) in [7, 11) is 2.82. The van der Waals surface area contributed by atoms with Crippen molar-refractivity contribution in [3.05, 3.63) is 23.3 Å². The largest absolute Gasteiger partial charge is 0.502 e. The summed E-state index contributed by atoms with van der Waals surface area (Å²) in [6.07, 6.45) is 1.46. The smallest absolute Gasteiger partial charge is 0.200 e. The lowest BCUT2D eigenvalue weighted by Crippen LogP contribution is -2.21. The van der Waals surface area contributed by atoms with Gasteiger partial charge in [0.15, 0.2) is 17.3 Å². The molecule has 0 aliphatic rings. The molecule has 21 heavy (non-hydrogen) atoms. The highest BCUT2D eigenvalue weighted by molar-refractivity contribution is 6.06. The Morgan fingerprint density at radius 3 is 2.05 bits per heavy atom. The highest BCUT2D eigenvalue weighted by atomic mass is 16.5. The predicted octanol–water partition coefficient (Wildman–Crippen LogP) is 2.93. The van der Waals surface area contributed by atoms with Gasteiger partial charge in [0, 0.05) is 5.41 Å². The lowest BCUT2D eigenvalue weighted by atomic mass is 9.86. The second-order valence-corrected chi connectivity index (χ2v) is 5.52. The SMILES string of the molecule is COc1cc(/C=C(\C#N)C(=O)C(C)(C)C)cc(OC)c1O. The number of carbonyl (C=O) groups excluding carboxylic acids is 1. The molecule has 0 aliphatic heterocycles. The van der Waals surface area contributed by atoms with Gasteiger partial charge >= 0.3 is 0 Å². The van der Waals surface area contributed by atoms with Crippen molar-refractivity contribution >= 4 is 11.9 Å². The Bertz CT molecular complexity index is 593. The van der Waals surface area contributed by atoms with Crippen LogP contribution in [0.4, 0.5) is 0 Å². The zero-order valence-electron chi connectivity index (χ0n) is 12.9. The number of phenols is 1. The minimum atomic E-state index is -0.646. The van der Waals surface area contributed by atoms with Crippen LogP contribution >= 0.6 is 0 Å². The molecule has 112 valence electrons. The maximum Gasteiger partial charge on any atom is 0.200 e. The number of hydrogen-bond donors (Lipinski definition) is 1. The topological polar surface area (TPSA) is 79.5 Å². The average Bonchev–Trinajstić information content (AvgIpc) is 2.44. The molecule has 0 unspecified atom stereocenters. The fourth-order valence-corrected chi connectivity index (χ4v) is 1.72. The zero-order chi connectivity index (χ0) is 16.2. The molecule has 5 heteroatoms. The number of allylic oxidation sites excluding steroid dienone is 1. The average molecular weight is 289 g/mol. The number of ketones is 1. The lowest BCUT2D eigenvalue weighted by Gasteiger charge is -2.15. The molecule has 0 saturated carbocycles. The highest BCUT2D eigenvalue weighted by Crippen LogP contribution is 2.37. The molecule has 0 bridgehead atoms. The molecular formula is C16H19NO4. The molecule has 0 radical (unpaired) electrons. The Labute approximate surface area is 124 Å². The van der Waals surface area contributed by atoms with E-state index in [0.29, 0.717) is 5.56 Å². The van der Waals surface area contributed by atoms with Crippen molar-refractivity contribution in [3.63, 3.8) is 0 Å². The Hall–Kier alpha value is -2.48. The molecule has 1 aromatic rings. The van der Waals surface area contributed by atoms with Crippen molar-refractivity contribution < 1.29 is 19.4 Å². The number of nitriles is 1. The first-order chi connectivity index (χ1) is 9.74. The number of benzene rings is 1. The van der Waals surface area contributed by atoms with Gasteiger partial charge in [-0.3, -0.25) is 4.79 Å². The molecule has 0 fully saturated rings. The number of phenolic OH excluding ortho intramolecular Hbond substituents is 1. The Balaban J connectivity index is 3.37. The van der Waals surface area contributed by atoms with Crippen molar-refractivity contribution in [2.24, 2.45) is 5.41 Å². The Kier molecular flexibility index (Phi) is 4.98. The van der Waals surface area contributed by atoms with Gasteiger partial charge < -0.3 is 14.6 Å². The van der Waals surface area contributed by atoms with Gasteiger partial charge in [-0.05, 0) is 23.8 Å². The number of aromatic hydroxyl groups is 1. The number of hydrogen-bond acceptors (Lipinski definition) is 5. The molecule has 0 aliphatic carbocycles. The van der Waals surface area contributed by atoms with Crippen molar-refractivity contribution in [3.8, 4) is 23.3 Å². The molecule has 1 aromatic carbocycles. The fourth-order valence-electron chi connectivity index (χ4n) is 1.72. The standard InChI is InChI=1S/C16H19NO4/c1-16(2,3)15(19)11(9-17)6-10-7-12(20-4)14(18)13(8-10)21-5/h6-8,18H,1-5H3/b11-6+. The van der Waals surface area contributed by atoms with Gasteiger partial charge in [-0.2, -0.15) is 5.26 Å². The summed E-state index contributed by atoms with van der Waals surface area (Å²) < 4.78 is 10.1. The quantitative estimate of drug-likeness (QED) is 0.681. The third-order valence-electron chi connectivity index (χ3n) is 2.86. The molecule has 0 spiro atoms. The fraction of sp³-hybridized carbons (Fsp3) is 0.375. The normalized spacial score (nSPS) is 11.7. The molecule has 0 saturated heterocycles. The number of nitrogens with zero attached hydrogens (tertiary/aromatic N) is 1. The van der Waals surface area contributed by atoms with Gasteiger partial charge in [0.1, 0.15) is 6.07 Å². The van der Waals surface area contributed by atoms with E-state index in [1.54, 1.807) is 20.8 Å². The van der Waals surface area contributed by atoms with Crippen LogP contribution in [-0.2, 0) is 4.79 Å². The van der Waals surface area contributed by atoms with E-state index < -0.39 is 5.41 Å². The maximum atomic E-state index is 12.2. The predicted molar refractivity (Wildman–Crippen MR) is 79.3 cm³/mol. The van der Waals surface area contributed by atoms with Crippen molar-refractivity contribution in [2.75, 3.05) is 14.2 Å². The van der Waals surface area contributed by atoms with Crippen LogP contribution in [0.3, 0.4) is 0 Å². The summed E-state index contributed by atoms with van der Waals surface area (Å²) >= 11 is 0. The number of carbonyl (C=O) groups is 1. The Morgan fingerprint density at radius 1 is 1.24 bits per heavy atom. The van der Waals surface area contributed by atoms with E-state index in [2.05, 4.69) is 0 Å². The number of Topliss-reactive ketones (excluding diaryl/α,β-unsaturated/α-hetero) is 1.